The van der Waals surface area contributed by atoms with E-state index in [0.717, 1.165) is 42.2 Å². The fraction of sp³-hybridized carbons (Fsp3) is 0.814. The van der Waals surface area contributed by atoms with E-state index < -0.39 is 161 Å². The quantitative estimate of drug-likeness (QED) is 0.0743. The summed E-state index contributed by atoms with van der Waals surface area (Å²) in [5.74, 6) is -9.56. The van der Waals surface area contributed by atoms with Crippen molar-refractivity contribution in [3.8, 4) is 0 Å². The Morgan fingerprint density at radius 3 is 1.45 bits per heavy atom. The van der Waals surface area contributed by atoms with Gasteiger partial charge in [-0.3, -0.25) is 52.7 Å². The molecule has 6 N–H and O–H groups in total. The van der Waals surface area contributed by atoms with E-state index in [1.54, 1.807) is 54.5 Å². The largest absolute Gasteiger partial charge is 0.390 e. The van der Waals surface area contributed by atoms with Gasteiger partial charge in [0.15, 0.2) is 0 Å². The zero-order valence-corrected chi connectivity index (χ0v) is 63.6. The van der Waals surface area contributed by atoms with Crippen LogP contribution >= 0.6 is 11.8 Å². The summed E-state index contributed by atoms with van der Waals surface area (Å²) in [6.07, 6.45) is 5.65. The molecule has 0 unspecified atom stereocenters. The molecule has 0 aliphatic carbocycles. The molecule has 0 radical (unpaired) electrons. The highest BCUT2D eigenvalue weighted by Crippen LogP contribution is 2.27. The van der Waals surface area contributed by atoms with Crippen LogP contribution in [0, 0.1) is 35.5 Å². The Balaban J connectivity index is 3.12. The third-order valence-electron chi connectivity index (χ3n) is 18.7. The van der Waals surface area contributed by atoms with Crippen molar-refractivity contribution in [1.29, 1.82) is 0 Å². The van der Waals surface area contributed by atoms with Gasteiger partial charge in [0.05, 0.1) is 11.7 Å². The average molecular weight is 1380 g/mol. The standard InChI is InChI=1S/C70H126N12O13S/c1-25-27-31-46(13)58(83)57-62(87)73-49(26-2)64(89)79(22)54(40-96-35-34-82-32-29-28-30-33-82)67(92)78(21)53(39-70(16,17)95)61(86)74-55(44(9)10)68(93)75(18)50(36-41(3)4)60(85)71-47(14)59(84)72-48(15)63(88)76(19)51(37-42(5)6)65(90)77(20)52(38-43(7)8)66(91)80(23)56(45(11)12)69(94)81(57)24/h25,27,41-58,83,95H,26,28-40H2,1-24H3,(H,71,85)(H,72,84)(H,73,87)(H,74,86)/t46-,47+,48-,49+,50+,51+,52+,53+,54-,55+,56+,57+,58-/m1/s1. The summed E-state index contributed by atoms with van der Waals surface area (Å²) in [7, 11) is 9.94. The average Bonchev–Trinajstić information content (AvgIpc) is 0.812. The summed E-state index contributed by atoms with van der Waals surface area (Å²) < 4.78 is 0. The van der Waals surface area contributed by atoms with Crippen LogP contribution in [0.25, 0.3) is 0 Å². The number of likely N-dealkylation sites (N-methyl/N-ethyl adjacent to an activating group) is 7. The molecule has 0 aromatic heterocycles. The third-order valence-corrected chi connectivity index (χ3v) is 19.7. The second-order valence-electron chi connectivity index (χ2n) is 29.7. The Kier molecular flexibility index (Phi) is 35.6. The molecule has 2 aliphatic rings. The SMILES string of the molecule is CC=CC[C@@H](C)[C@@H](O)[C@H]1C(=O)N[C@@H](CC)C(=O)N(C)[C@H](CSCCN2CCCCC2)C(=O)N(C)[C@@H](CC(C)(C)O)C(=O)N[C@@H](C(C)C)C(=O)N(C)[C@@H](CC(C)C)C(=O)N[C@@H](C)C(=O)N[C@H](C)C(=O)N(C)[C@@H](CC(C)C)C(=O)N(C)[C@@H](CC(C)C)C(=O)N(C)[C@@H](C(C)C)C(=O)N1C. The zero-order chi connectivity index (χ0) is 73.7. The van der Waals surface area contributed by atoms with Crippen LogP contribution < -0.4 is 21.3 Å². The molecular formula is C70H126N12O13S. The second kappa shape index (κ2) is 39.7. The number of aliphatic hydroxyl groups excluding tert-OH is 1. The van der Waals surface area contributed by atoms with Crippen LogP contribution in [-0.4, -0.2) is 273 Å². The van der Waals surface area contributed by atoms with Gasteiger partial charge in [-0.15, -0.1) is 0 Å². The Bertz CT molecular complexity index is 2630. The van der Waals surface area contributed by atoms with Gasteiger partial charge >= 0.3 is 0 Å². The normalized spacial score (nSPS) is 27.3. The van der Waals surface area contributed by atoms with Crippen LogP contribution in [0.4, 0.5) is 0 Å². The number of hydrogen-bond donors (Lipinski definition) is 6. The van der Waals surface area contributed by atoms with Gasteiger partial charge in [0.2, 0.25) is 65.0 Å². The summed E-state index contributed by atoms with van der Waals surface area (Å²) in [4.78, 5) is 175. The minimum atomic E-state index is -1.65. The van der Waals surface area contributed by atoms with Gasteiger partial charge in [-0.1, -0.05) is 102 Å². The lowest BCUT2D eigenvalue weighted by Crippen LogP contribution is -2.64. The monoisotopic (exact) mass is 1370 g/mol. The molecule has 0 saturated carbocycles. The molecule has 2 saturated heterocycles. The van der Waals surface area contributed by atoms with Crippen molar-refractivity contribution < 1.29 is 63.0 Å². The first-order chi connectivity index (χ1) is 44.5. The highest BCUT2D eigenvalue weighted by molar-refractivity contribution is 7.99. The van der Waals surface area contributed by atoms with E-state index >= 15 is 33.6 Å². The lowest BCUT2D eigenvalue weighted by molar-refractivity contribution is -0.157. The van der Waals surface area contributed by atoms with E-state index in [0.29, 0.717) is 18.7 Å². The van der Waals surface area contributed by atoms with Gasteiger partial charge in [-0.05, 0) is 128 Å². The van der Waals surface area contributed by atoms with Gasteiger partial charge < -0.3 is 70.7 Å². The van der Waals surface area contributed by atoms with Gasteiger partial charge in [0.1, 0.15) is 66.5 Å². The molecule has 13 atom stereocenters. The van der Waals surface area contributed by atoms with Crippen LogP contribution in [0.15, 0.2) is 12.2 Å². The minimum absolute atomic E-state index is 0.0186. The summed E-state index contributed by atoms with van der Waals surface area (Å²) >= 11 is 1.43. The van der Waals surface area contributed by atoms with Crippen molar-refractivity contribution in [2.75, 3.05) is 80.5 Å². The number of aliphatic hydroxyl groups is 2. The van der Waals surface area contributed by atoms with Crippen molar-refractivity contribution in [3.05, 3.63) is 12.2 Å². The van der Waals surface area contributed by atoms with E-state index in [9.17, 15) is 29.4 Å². The van der Waals surface area contributed by atoms with Gasteiger partial charge in [-0.2, -0.15) is 11.8 Å². The van der Waals surface area contributed by atoms with E-state index in [1.807, 2.05) is 47.6 Å². The Labute approximate surface area is 579 Å². The van der Waals surface area contributed by atoms with Crippen molar-refractivity contribution in [2.45, 2.75) is 254 Å². The first-order valence-electron chi connectivity index (χ1n) is 34.9. The number of carbonyl (C=O) groups is 11. The van der Waals surface area contributed by atoms with Crippen molar-refractivity contribution >= 4 is 76.7 Å². The number of hydrogen-bond acceptors (Lipinski definition) is 15. The molecule has 2 fully saturated rings. The van der Waals surface area contributed by atoms with Crippen molar-refractivity contribution in [2.24, 2.45) is 35.5 Å². The smallest absolute Gasteiger partial charge is 0.246 e. The molecule has 96 heavy (non-hydrogen) atoms. The topological polar surface area (TPSA) is 302 Å². The lowest BCUT2D eigenvalue weighted by Gasteiger charge is -2.41. The number of amides is 11. The molecule has 2 heterocycles. The lowest BCUT2D eigenvalue weighted by atomic mass is 9.91. The Hall–Kier alpha value is -5.86. The predicted molar refractivity (Wildman–Crippen MR) is 376 cm³/mol. The van der Waals surface area contributed by atoms with Crippen LogP contribution in [0.1, 0.15) is 175 Å². The Morgan fingerprint density at radius 2 is 0.958 bits per heavy atom. The summed E-state index contributed by atoms with van der Waals surface area (Å²) in [5, 5.41) is 34.9. The number of nitrogens with zero attached hydrogens (tertiary/aromatic N) is 8. The number of allylic oxidation sites excluding steroid dienone is 2. The molecule has 0 spiro atoms. The number of carbonyl (C=O) groups excluding carboxylic acids is 11. The fourth-order valence-electron chi connectivity index (χ4n) is 12.5. The van der Waals surface area contributed by atoms with E-state index in [1.165, 1.54) is 113 Å². The maximum atomic E-state index is 15.4. The van der Waals surface area contributed by atoms with Crippen molar-refractivity contribution in [3.63, 3.8) is 0 Å². The molecule has 11 amide bonds. The molecule has 0 bridgehead atoms. The van der Waals surface area contributed by atoms with Crippen molar-refractivity contribution in [1.82, 2.24) is 60.5 Å². The molecule has 2 aliphatic heterocycles. The second-order valence-corrected chi connectivity index (χ2v) is 30.8. The molecular weight excluding hydrogens is 1250 g/mol. The highest BCUT2D eigenvalue weighted by atomic mass is 32.2. The predicted octanol–water partition coefficient (Wildman–Crippen LogP) is 3.97. The summed E-state index contributed by atoms with van der Waals surface area (Å²) in [5.41, 5.74) is -1.58. The van der Waals surface area contributed by atoms with Gasteiger partial charge in [-0.25, -0.2) is 0 Å². The molecule has 0 aromatic carbocycles. The van der Waals surface area contributed by atoms with Gasteiger partial charge in [0, 0.05) is 73.8 Å². The molecule has 25 nitrogen and oxygen atoms in total. The van der Waals surface area contributed by atoms with Crippen LogP contribution in [0.5, 0.6) is 0 Å². The Morgan fingerprint density at radius 1 is 0.510 bits per heavy atom. The summed E-state index contributed by atoms with van der Waals surface area (Å²) in [6, 6.07) is -14.3. The highest BCUT2D eigenvalue weighted by Gasteiger charge is 2.47. The van der Waals surface area contributed by atoms with Crippen LogP contribution in [0.2, 0.25) is 0 Å². The van der Waals surface area contributed by atoms with Crippen LogP contribution in [0.3, 0.4) is 0 Å². The summed E-state index contributed by atoms with van der Waals surface area (Å²) in [6.45, 7) is 31.6. The maximum absolute atomic E-state index is 15.4. The molecule has 2 rings (SSSR count). The number of rotatable bonds is 20. The molecule has 26 heteroatoms. The van der Waals surface area contributed by atoms with E-state index in [4.69, 9.17) is 0 Å². The zero-order valence-electron chi connectivity index (χ0n) is 62.8. The first kappa shape index (κ1) is 86.2. The van der Waals surface area contributed by atoms with Crippen LogP contribution in [-0.2, 0) is 52.7 Å². The maximum Gasteiger partial charge on any atom is 0.246 e. The number of likely N-dealkylation sites (tertiary alicyclic amines) is 1. The fourth-order valence-corrected chi connectivity index (χ4v) is 13.7. The molecule has 0 aromatic rings. The minimum Gasteiger partial charge on any atom is -0.390 e. The first-order valence-corrected chi connectivity index (χ1v) is 36.0. The van der Waals surface area contributed by atoms with Gasteiger partial charge in [0.25, 0.3) is 0 Å². The third kappa shape index (κ3) is 24.8. The number of thioether (sulfide) groups is 1. The molecule has 550 valence electrons. The van der Waals surface area contributed by atoms with E-state index in [-0.39, 0.29) is 55.6 Å². The number of piperidine rings is 1. The van der Waals surface area contributed by atoms with E-state index in [2.05, 4.69) is 26.2 Å². The number of nitrogens with one attached hydrogen (secondary N) is 4.